The molecule has 1 unspecified atom stereocenters. The van der Waals surface area contributed by atoms with Gasteiger partial charge in [0.2, 0.25) is 0 Å². The molecular formula is C19H20N4O5. The summed E-state index contributed by atoms with van der Waals surface area (Å²) < 4.78 is 5.26. The molecule has 28 heavy (non-hydrogen) atoms. The summed E-state index contributed by atoms with van der Waals surface area (Å²) >= 11 is 0. The predicted molar refractivity (Wildman–Crippen MR) is 96.6 cm³/mol. The number of Topliss-reactive ketones (excluding diaryl/α,β-unsaturated/α-hetero) is 1. The van der Waals surface area contributed by atoms with Gasteiger partial charge in [-0.25, -0.2) is 4.79 Å². The van der Waals surface area contributed by atoms with Crippen molar-refractivity contribution < 1.29 is 23.6 Å². The van der Waals surface area contributed by atoms with Gasteiger partial charge in [0.25, 0.3) is 11.8 Å². The van der Waals surface area contributed by atoms with E-state index in [1.54, 1.807) is 17.0 Å². The number of furan rings is 1. The molecule has 4 amide bonds. The molecule has 0 aromatic carbocycles. The lowest BCUT2D eigenvalue weighted by atomic mass is 9.99. The number of imide groups is 1. The second kappa shape index (κ2) is 6.66. The minimum Gasteiger partial charge on any atom is -0.466 e. The number of H-pyrrole nitrogens is 1. The molecular weight excluding hydrogens is 364 g/mol. The van der Waals surface area contributed by atoms with Crippen molar-refractivity contribution in [2.75, 3.05) is 19.6 Å². The lowest BCUT2D eigenvalue weighted by Gasteiger charge is -2.18. The number of rotatable bonds is 5. The van der Waals surface area contributed by atoms with Crippen LogP contribution in [0.3, 0.4) is 0 Å². The average molecular weight is 384 g/mol. The van der Waals surface area contributed by atoms with Crippen molar-refractivity contribution in [3.05, 3.63) is 47.7 Å². The number of carbonyl (C=O) groups is 4. The van der Waals surface area contributed by atoms with E-state index >= 15 is 0 Å². The van der Waals surface area contributed by atoms with Gasteiger partial charge in [-0.2, -0.15) is 0 Å². The minimum absolute atomic E-state index is 0.156. The van der Waals surface area contributed by atoms with Crippen LogP contribution in [-0.4, -0.2) is 58.0 Å². The van der Waals surface area contributed by atoms with Gasteiger partial charge in [-0.3, -0.25) is 19.3 Å². The minimum atomic E-state index is -1.35. The molecule has 0 spiro atoms. The maximum Gasteiger partial charge on any atom is 0.325 e. The van der Waals surface area contributed by atoms with Gasteiger partial charge in [0.15, 0.2) is 11.3 Å². The lowest BCUT2D eigenvalue weighted by molar-refractivity contribution is -0.131. The molecule has 2 N–H and O–H groups in total. The van der Waals surface area contributed by atoms with Crippen molar-refractivity contribution in [2.45, 2.75) is 25.3 Å². The SMILES string of the molecule is CC1(c2ccco2)NC(=O)N(CC(=O)c2c[nH]c(C(=O)N3CCCC3)c2)C1=O. The predicted octanol–water partition coefficient (Wildman–Crippen LogP) is 1.49. The van der Waals surface area contributed by atoms with E-state index in [0.29, 0.717) is 24.5 Å². The fraction of sp³-hybridized carbons (Fsp3) is 0.368. The molecule has 0 aliphatic carbocycles. The van der Waals surface area contributed by atoms with Crippen molar-refractivity contribution in [3.8, 4) is 0 Å². The Kier molecular flexibility index (Phi) is 4.29. The summed E-state index contributed by atoms with van der Waals surface area (Å²) in [5, 5.41) is 2.57. The van der Waals surface area contributed by atoms with Crippen LogP contribution in [0.25, 0.3) is 0 Å². The number of nitrogens with zero attached hydrogens (tertiary/aromatic N) is 2. The van der Waals surface area contributed by atoms with Crippen LogP contribution in [-0.2, 0) is 10.3 Å². The van der Waals surface area contributed by atoms with Crippen LogP contribution in [0.5, 0.6) is 0 Å². The van der Waals surface area contributed by atoms with E-state index in [9.17, 15) is 19.2 Å². The fourth-order valence-corrected chi connectivity index (χ4v) is 3.57. The summed E-state index contributed by atoms with van der Waals surface area (Å²) in [6.45, 7) is 2.51. The van der Waals surface area contributed by atoms with Gasteiger partial charge in [-0.05, 0) is 38.0 Å². The van der Waals surface area contributed by atoms with Crippen molar-refractivity contribution in [3.63, 3.8) is 0 Å². The molecule has 0 bridgehead atoms. The van der Waals surface area contributed by atoms with Gasteiger partial charge in [-0.15, -0.1) is 0 Å². The number of amides is 4. The van der Waals surface area contributed by atoms with Crippen LogP contribution in [0, 0.1) is 0 Å². The molecule has 2 aromatic heterocycles. The Morgan fingerprint density at radius 3 is 2.68 bits per heavy atom. The van der Waals surface area contributed by atoms with E-state index in [2.05, 4.69) is 10.3 Å². The molecule has 146 valence electrons. The highest BCUT2D eigenvalue weighted by molar-refractivity contribution is 6.11. The summed E-state index contributed by atoms with van der Waals surface area (Å²) in [6.07, 6.45) is 4.78. The Hall–Kier alpha value is -3.36. The third-order valence-corrected chi connectivity index (χ3v) is 5.22. The number of urea groups is 1. The number of aromatic amines is 1. The number of carbonyl (C=O) groups excluding carboxylic acids is 4. The van der Waals surface area contributed by atoms with Gasteiger partial charge < -0.3 is 19.6 Å². The summed E-state index contributed by atoms with van der Waals surface area (Å²) in [4.78, 5) is 55.4. The van der Waals surface area contributed by atoms with Crippen LogP contribution >= 0.6 is 0 Å². The van der Waals surface area contributed by atoms with Gasteiger partial charge >= 0.3 is 6.03 Å². The zero-order valence-corrected chi connectivity index (χ0v) is 15.4. The van der Waals surface area contributed by atoms with Crippen molar-refractivity contribution >= 4 is 23.6 Å². The average Bonchev–Trinajstić information content (AvgIpc) is 3.46. The Morgan fingerprint density at radius 2 is 2.00 bits per heavy atom. The summed E-state index contributed by atoms with van der Waals surface area (Å²) in [6, 6.07) is 4.01. The monoisotopic (exact) mass is 384 g/mol. The molecule has 4 rings (SSSR count). The van der Waals surface area contributed by atoms with E-state index in [1.165, 1.54) is 25.5 Å². The van der Waals surface area contributed by atoms with E-state index in [-0.39, 0.29) is 11.5 Å². The number of hydrogen-bond donors (Lipinski definition) is 2. The molecule has 4 heterocycles. The van der Waals surface area contributed by atoms with E-state index in [0.717, 1.165) is 17.7 Å². The maximum atomic E-state index is 12.8. The zero-order chi connectivity index (χ0) is 19.9. The molecule has 2 aromatic rings. The highest BCUT2D eigenvalue weighted by Gasteiger charge is 2.51. The summed E-state index contributed by atoms with van der Waals surface area (Å²) in [5.74, 6) is -0.869. The standard InChI is InChI=1S/C19H20N4O5/c1-19(15-5-4-8-28-15)17(26)23(18(27)21-19)11-14(24)12-9-13(20-10-12)16(25)22-6-2-3-7-22/h4-5,8-10,20H,2-3,6-7,11H2,1H3,(H,21,27). The second-order valence-corrected chi connectivity index (χ2v) is 7.15. The molecule has 2 aliphatic heterocycles. The molecule has 2 aliphatic rings. The quantitative estimate of drug-likeness (QED) is 0.599. The molecule has 2 fully saturated rings. The smallest absolute Gasteiger partial charge is 0.325 e. The van der Waals surface area contributed by atoms with Crippen LogP contribution in [0.1, 0.15) is 46.4 Å². The van der Waals surface area contributed by atoms with Gasteiger partial charge in [0, 0.05) is 24.8 Å². The van der Waals surface area contributed by atoms with Crippen molar-refractivity contribution in [1.29, 1.82) is 0 Å². The molecule has 2 saturated heterocycles. The summed E-state index contributed by atoms with van der Waals surface area (Å²) in [5.41, 5.74) is -0.784. The highest BCUT2D eigenvalue weighted by Crippen LogP contribution is 2.29. The Labute approximate surface area is 160 Å². The van der Waals surface area contributed by atoms with Crippen molar-refractivity contribution in [1.82, 2.24) is 20.1 Å². The largest absolute Gasteiger partial charge is 0.466 e. The fourth-order valence-electron chi connectivity index (χ4n) is 3.57. The first kappa shape index (κ1) is 18.0. The Morgan fingerprint density at radius 1 is 1.25 bits per heavy atom. The third kappa shape index (κ3) is 2.88. The van der Waals surface area contributed by atoms with Crippen LogP contribution in [0.15, 0.2) is 35.1 Å². The normalized spacial score (nSPS) is 22.0. The first-order valence-corrected chi connectivity index (χ1v) is 9.09. The molecule has 1 atom stereocenters. The van der Waals surface area contributed by atoms with E-state index < -0.39 is 29.8 Å². The Balaban J connectivity index is 1.47. The number of aromatic nitrogens is 1. The topological polar surface area (TPSA) is 116 Å². The van der Waals surface area contributed by atoms with Crippen LogP contribution < -0.4 is 5.32 Å². The van der Waals surface area contributed by atoms with E-state index in [4.69, 9.17) is 4.42 Å². The number of likely N-dealkylation sites (tertiary alicyclic amines) is 1. The Bertz CT molecular complexity index is 941. The first-order chi connectivity index (χ1) is 13.4. The third-order valence-electron chi connectivity index (χ3n) is 5.22. The second-order valence-electron chi connectivity index (χ2n) is 7.15. The number of nitrogens with one attached hydrogen (secondary N) is 2. The molecule has 9 nitrogen and oxygen atoms in total. The maximum absolute atomic E-state index is 12.8. The highest BCUT2D eigenvalue weighted by atomic mass is 16.3. The first-order valence-electron chi connectivity index (χ1n) is 9.09. The van der Waals surface area contributed by atoms with E-state index in [1.807, 2.05) is 0 Å². The number of hydrogen-bond acceptors (Lipinski definition) is 5. The van der Waals surface area contributed by atoms with Gasteiger partial charge in [0.05, 0.1) is 12.8 Å². The molecule has 9 heteroatoms. The van der Waals surface area contributed by atoms with Crippen LogP contribution in [0.4, 0.5) is 4.79 Å². The van der Waals surface area contributed by atoms with Gasteiger partial charge in [0.1, 0.15) is 11.5 Å². The number of ketones is 1. The molecule has 0 radical (unpaired) electrons. The zero-order valence-electron chi connectivity index (χ0n) is 15.4. The van der Waals surface area contributed by atoms with Crippen molar-refractivity contribution in [2.24, 2.45) is 0 Å². The summed E-state index contributed by atoms with van der Waals surface area (Å²) in [7, 11) is 0. The van der Waals surface area contributed by atoms with Gasteiger partial charge in [-0.1, -0.05) is 0 Å². The van der Waals surface area contributed by atoms with Crippen LogP contribution in [0.2, 0.25) is 0 Å². The lowest BCUT2D eigenvalue weighted by Crippen LogP contribution is -2.41. The molecule has 0 saturated carbocycles.